The number of anilines is 1. The third kappa shape index (κ3) is 3.56. The predicted molar refractivity (Wildman–Crippen MR) is 66.4 cm³/mol. The SMILES string of the molecule is CN(C)CCN(C)c1nccnc1C(N)=NO. The zero-order chi connectivity index (χ0) is 12.8. The molecule has 0 fully saturated rings. The van der Waals surface area contributed by atoms with Crippen LogP contribution in [0.15, 0.2) is 17.5 Å². The summed E-state index contributed by atoms with van der Waals surface area (Å²) in [6.45, 7) is 1.65. The molecule has 0 atom stereocenters. The van der Waals surface area contributed by atoms with Crippen LogP contribution in [-0.2, 0) is 0 Å². The second kappa shape index (κ2) is 6.00. The molecule has 1 aromatic rings. The van der Waals surface area contributed by atoms with Crippen LogP contribution in [0.25, 0.3) is 0 Å². The van der Waals surface area contributed by atoms with E-state index in [0.29, 0.717) is 11.5 Å². The average molecular weight is 238 g/mol. The van der Waals surface area contributed by atoms with Gasteiger partial charge in [-0.05, 0) is 14.1 Å². The van der Waals surface area contributed by atoms with Crippen LogP contribution in [0.1, 0.15) is 5.69 Å². The fourth-order valence-electron chi connectivity index (χ4n) is 1.29. The highest BCUT2D eigenvalue weighted by molar-refractivity contribution is 5.99. The molecule has 7 nitrogen and oxygen atoms in total. The van der Waals surface area contributed by atoms with Crippen molar-refractivity contribution in [3.8, 4) is 0 Å². The molecule has 1 rings (SSSR count). The first-order chi connectivity index (χ1) is 8.06. The second-order valence-electron chi connectivity index (χ2n) is 3.94. The molecule has 1 heterocycles. The van der Waals surface area contributed by atoms with Crippen molar-refractivity contribution in [1.82, 2.24) is 14.9 Å². The lowest BCUT2D eigenvalue weighted by Gasteiger charge is -2.21. The Kier molecular flexibility index (Phi) is 4.65. The fourth-order valence-corrected chi connectivity index (χ4v) is 1.29. The van der Waals surface area contributed by atoms with Gasteiger partial charge in [0.1, 0.15) is 0 Å². The number of hydrogen-bond acceptors (Lipinski definition) is 6. The van der Waals surface area contributed by atoms with Gasteiger partial charge < -0.3 is 20.7 Å². The largest absolute Gasteiger partial charge is 0.409 e. The number of aromatic nitrogens is 2. The Balaban J connectivity index is 2.89. The molecular weight excluding hydrogens is 220 g/mol. The minimum absolute atomic E-state index is 0.0372. The third-order valence-electron chi connectivity index (χ3n) is 2.27. The molecule has 0 bridgehead atoms. The molecule has 0 aromatic carbocycles. The summed E-state index contributed by atoms with van der Waals surface area (Å²) in [5.41, 5.74) is 5.93. The lowest BCUT2D eigenvalue weighted by Crippen LogP contribution is -2.31. The topological polar surface area (TPSA) is 90.9 Å². The van der Waals surface area contributed by atoms with E-state index in [-0.39, 0.29) is 5.84 Å². The summed E-state index contributed by atoms with van der Waals surface area (Å²) < 4.78 is 0. The first kappa shape index (κ1) is 13.2. The quantitative estimate of drug-likeness (QED) is 0.313. The Morgan fingerprint density at radius 3 is 2.53 bits per heavy atom. The van der Waals surface area contributed by atoms with Gasteiger partial charge in [0.05, 0.1) is 0 Å². The van der Waals surface area contributed by atoms with Crippen LogP contribution < -0.4 is 10.6 Å². The molecule has 0 aliphatic rings. The summed E-state index contributed by atoms with van der Waals surface area (Å²) >= 11 is 0. The smallest absolute Gasteiger partial charge is 0.192 e. The van der Waals surface area contributed by atoms with E-state index in [1.54, 1.807) is 6.20 Å². The second-order valence-corrected chi connectivity index (χ2v) is 3.94. The molecule has 0 spiro atoms. The van der Waals surface area contributed by atoms with E-state index in [9.17, 15) is 0 Å². The van der Waals surface area contributed by atoms with E-state index in [2.05, 4.69) is 20.0 Å². The summed E-state index contributed by atoms with van der Waals surface area (Å²) in [5, 5.41) is 11.6. The van der Waals surface area contributed by atoms with Crippen molar-refractivity contribution in [2.24, 2.45) is 10.9 Å². The zero-order valence-electron chi connectivity index (χ0n) is 10.3. The van der Waals surface area contributed by atoms with E-state index < -0.39 is 0 Å². The molecule has 0 saturated carbocycles. The predicted octanol–water partition coefficient (Wildman–Crippen LogP) is -0.431. The summed E-state index contributed by atoms with van der Waals surface area (Å²) in [4.78, 5) is 12.2. The van der Waals surface area contributed by atoms with Crippen molar-refractivity contribution in [2.75, 3.05) is 39.1 Å². The van der Waals surface area contributed by atoms with Crippen LogP contribution in [0, 0.1) is 0 Å². The average Bonchev–Trinajstić information content (AvgIpc) is 2.34. The van der Waals surface area contributed by atoms with Crippen molar-refractivity contribution >= 4 is 11.7 Å². The van der Waals surface area contributed by atoms with Crippen molar-refractivity contribution in [1.29, 1.82) is 0 Å². The van der Waals surface area contributed by atoms with Gasteiger partial charge in [0, 0.05) is 32.5 Å². The number of nitrogens with two attached hydrogens (primary N) is 1. The molecular formula is C10H18N6O. The van der Waals surface area contributed by atoms with Gasteiger partial charge >= 0.3 is 0 Å². The van der Waals surface area contributed by atoms with Gasteiger partial charge in [0.15, 0.2) is 17.3 Å². The number of hydrogen-bond donors (Lipinski definition) is 2. The maximum Gasteiger partial charge on any atom is 0.192 e. The van der Waals surface area contributed by atoms with Gasteiger partial charge in [0.25, 0.3) is 0 Å². The number of amidine groups is 1. The van der Waals surface area contributed by atoms with Crippen LogP contribution in [-0.4, -0.2) is 60.1 Å². The van der Waals surface area contributed by atoms with Crippen LogP contribution in [0.4, 0.5) is 5.82 Å². The lowest BCUT2D eigenvalue weighted by molar-refractivity contribution is 0.318. The minimum atomic E-state index is -0.0372. The third-order valence-corrected chi connectivity index (χ3v) is 2.27. The van der Waals surface area contributed by atoms with Crippen LogP contribution >= 0.6 is 0 Å². The molecule has 0 amide bonds. The van der Waals surface area contributed by atoms with Gasteiger partial charge in [-0.3, -0.25) is 0 Å². The van der Waals surface area contributed by atoms with Crippen molar-refractivity contribution < 1.29 is 5.21 Å². The molecule has 0 aliphatic carbocycles. The first-order valence-electron chi connectivity index (χ1n) is 5.21. The molecule has 0 radical (unpaired) electrons. The van der Waals surface area contributed by atoms with E-state index in [1.807, 2.05) is 26.0 Å². The Morgan fingerprint density at radius 1 is 1.29 bits per heavy atom. The summed E-state index contributed by atoms with van der Waals surface area (Å²) in [7, 11) is 5.88. The van der Waals surface area contributed by atoms with Gasteiger partial charge in [0.2, 0.25) is 0 Å². The van der Waals surface area contributed by atoms with E-state index in [1.165, 1.54) is 6.20 Å². The van der Waals surface area contributed by atoms with E-state index >= 15 is 0 Å². The molecule has 1 aromatic heterocycles. The van der Waals surface area contributed by atoms with E-state index in [4.69, 9.17) is 10.9 Å². The summed E-state index contributed by atoms with van der Waals surface area (Å²) in [5.74, 6) is 0.564. The summed E-state index contributed by atoms with van der Waals surface area (Å²) in [6.07, 6.45) is 3.09. The Hall–Kier alpha value is -1.89. The number of oxime groups is 1. The number of likely N-dealkylation sites (N-methyl/N-ethyl adjacent to an activating group) is 2. The van der Waals surface area contributed by atoms with Crippen molar-refractivity contribution in [3.05, 3.63) is 18.1 Å². The highest BCUT2D eigenvalue weighted by Gasteiger charge is 2.13. The minimum Gasteiger partial charge on any atom is -0.409 e. The monoisotopic (exact) mass is 238 g/mol. The molecule has 94 valence electrons. The van der Waals surface area contributed by atoms with Crippen LogP contribution in [0.5, 0.6) is 0 Å². The van der Waals surface area contributed by atoms with Gasteiger partial charge in [-0.1, -0.05) is 5.16 Å². The van der Waals surface area contributed by atoms with Crippen molar-refractivity contribution in [3.63, 3.8) is 0 Å². The number of rotatable bonds is 5. The molecule has 0 unspecified atom stereocenters. The Morgan fingerprint density at radius 2 is 1.94 bits per heavy atom. The maximum atomic E-state index is 8.68. The highest BCUT2D eigenvalue weighted by atomic mass is 16.4. The van der Waals surface area contributed by atoms with Crippen molar-refractivity contribution in [2.45, 2.75) is 0 Å². The van der Waals surface area contributed by atoms with Crippen LogP contribution in [0.3, 0.4) is 0 Å². The molecule has 0 saturated heterocycles. The molecule has 3 N–H and O–H groups in total. The standard InChI is InChI=1S/C10H18N6O/c1-15(2)6-7-16(3)10-8(9(11)14-17)12-4-5-13-10/h4-5,17H,6-7H2,1-3H3,(H2,11,14). The molecule has 7 heteroatoms. The first-order valence-corrected chi connectivity index (χ1v) is 5.21. The highest BCUT2D eigenvalue weighted by Crippen LogP contribution is 2.12. The zero-order valence-corrected chi connectivity index (χ0v) is 10.3. The van der Waals surface area contributed by atoms with Gasteiger partial charge in [-0.15, -0.1) is 0 Å². The van der Waals surface area contributed by atoms with Gasteiger partial charge in [-0.25, -0.2) is 9.97 Å². The van der Waals surface area contributed by atoms with E-state index in [0.717, 1.165) is 13.1 Å². The lowest BCUT2D eigenvalue weighted by atomic mass is 10.3. The Bertz CT molecular complexity index is 392. The maximum absolute atomic E-state index is 8.68. The molecule has 0 aliphatic heterocycles. The fraction of sp³-hybridized carbons (Fsp3) is 0.500. The normalized spacial score (nSPS) is 11.9. The Labute approximate surface area is 101 Å². The summed E-state index contributed by atoms with van der Waals surface area (Å²) in [6, 6.07) is 0. The molecule has 17 heavy (non-hydrogen) atoms. The van der Waals surface area contributed by atoms with Gasteiger partial charge in [-0.2, -0.15) is 0 Å². The van der Waals surface area contributed by atoms with Crippen LogP contribution in [0.2, 0.25) is 0 Å². The number of nitrogens with zero attached hydrogens (tertiary/aromatic N) is 5.